The van der Waals surface area contributed by atoms with Crippen molar-refractivity contribution < 1.29 is 24.2 Å². The molecule has 0 aromatic rings. The molecule has 0 saturated carbocycles. The van der Waals surface area contributed by atoms with Crippen molar-refractivity contribution in [3.05, 3.63) is 60.8 Å². The van der Waals surface area contributed by atoms with E-state index < -0.39 is 6.10 Å². The molecular weight excluding hydrogens is 717 g/mol. The van der Waals surface area contributed by atoms with Gasteiger partial charge in [0.15, 0.2) is 6.10 Å². The van der Waals surface area contributed by atoms with Crippen molar-refractivity contribution in [2.24, 2.45) is 0 Å². The average Bonchev–Trinajstić information content (AvgIpc) is 3.23. The normalized spacial score (nSPS) is 12.7. The summed E-state index contributed by atoms with van der Waals surface area (Å²) in [4.78, 5) is 24.4. The van der Waals surface area contributed by atoms with Crippen LogP contribution in [0.1, 0.15) is 245 Å². The van der Waals surface area contributed by atoms with E-state index in [1.165, 1.54) is 167 Å². The van der Waals surface area contributed by atoms with E-state index in [0.29, 0.717) is 12.8 Å². The van der Waals surface area contributed by atoms with E-state index >= 15 is 0 Å². The first-order valence-electron chi connectivity index (χ1n) is 24.8. The molecule has 0 aliphatic heterocycles. The Kier molecular flexibility index (Phi) is 46.9. The third-order valence-corrected chi connectivity index (χ3v) is 10.8. The maximum absolute atomic E-state index is 12.2. The molecular formula is C53H94O5. The first-order valence-corrected chi connectivity index (χ1v) is 24.8. The summed E-state index contributed by atoms with van der Waals surface area (Å²) >= 11 is 0. The molecule has 0 bridgehead atoms. The number of allylic oxidation sites excluding steroid dienone is 10. The molecule has 0 fully saturated rings. The van der Waals surface area contributed by atoms with Crippen LogP contribution in [0.2, 0.25) is 0 Å². The zero-order valence-corrected chi connectivity index (χ0v) is 38.3. The van der Waals surface area contributed by atoms with Gasteiger partial charge in [0, 0.05) is 12.8 Å². The van der Waals surface area contributed by atoms with Gasteiger partial charge in [0.2, 0.25) is 0 Å². The van der Waals surface area contributed by atoms with Crippen LogP contribution in [-0.4, -0.2) is 36.4 Å². The molecule has 0 aromatic carbocycles. The number of esters is 2. The van der Waals surface area contributed by atoms with E-state index in [-0.39, 0.29) is 31.6 Å². The smallest absolute Gasteiger partial charge is 0.306 e. The number of rotatable bonds is 45. The van der Waals surface area contributed by atoms with Crippen LogP contribution in [0.25, 0.3) is 0 Å². The zero-order chi connectivity index (χ0) is 42.1. The number of ether oxygens (including phenoxy) is 2. The molecule has 1 atom stereocenters. The summed E-state index contributed by atoms with van der Waals surface area (Å²) in [5.41, 5.74) is 0. The molecule has 0 unspecified atom stereocenters. The third-order valence-electron chi connectivity index (χ3n) is 10.8. The molecule has 0 spiro atoms. The molecule has 0 amide bonds. The predicted molar refractivity (Wildman–Crippen MR) is 251 cm³/mol. The molecule has 0 aromatic heterocycles. The van der Waals surface area contributed by atoms with Crippen LogP contribution in [0.15, 0.2) is 60.8 Å². The Bertz CT molecular complexity index is 1010. The van der Waals surface area contributed by atoms with Gasteiger partial charge in [-0.15, -0.1) is 0 Å². The highest BCUT2D eigenvalue weighted by Crippen LogP contribution is 2.15. The summed E-state index contributed by atoms with van der Waals surface area (Å²) in [5.74, 6) is -0.689. The Morgan fingerprint density at radius 2 is 0.690 bits per heavy atom. The fourth-order valence-electron chi connectivity index (χ4n) is 7.02. The number of carbonyl (C=O) groups excluding carboxylic acids is 2. The van der Waals surface area contributed by atoms with Crippen LogP contribution in [0.4, 0.5) is 0 Å². The molecule has 0 aliphatic rings. The topological polar surface area (TPSA) is 72.8 Å². The van der Waals surface area contributed by atoms with Crippen molar-refractivity contribution in [1.29, 1.82) is 0 Å². The standard InChI is InChI=1S/C53H94O5/c1-3-5-7-9-11-13-15-17-19-21-23-25-26-28-29-31-33-35-37-39-41-43-45-47-52(55)57-50-51(49-54)58-53(56)48-46-44-42-40-38-36-34-32-30-27-24-22-20-18-16-14-12-10-8-6-4-2/h20,22,27,30,34,36,39-42,51,54H,3-19,21,23-26,28-29,31-33,35,37-38,43-50H2,1-2H3/b22-20+,30-27+,36-34+,41-39+,42-40+/t51-/m0/s1. The van der Waals surface area contributed by atoms with E-state index in [4.69, 9.17) is 9.47 Å². The first kappa shape index (κ1) is 55.6. The maximum atomic E-state index is 12.2. The van der Waals surface area contributed by atoms with Crippen molar-refractivity contribution in [2.45, 2.75) is 251 Å². The fourth-order valence-corrected chi connectivity index (χ4v) is 7.02. The van der Waals surface area contributed by atoms with Gasteiger partial charge in [-0.1, -0.05) is 222 Å². The highest BCUT2D eigenvalue weighted by atomic mass is 16.6. The lowest BCUT2D eigenvalue weighted by Crippen LogP contribution is -2.28. The number of hydrogen-bond donors (Lipinski definition) is 1. The number of hydrogen-bond acceptors (Lipinski definition) is 5. The van der Waals surface area contributed by atoms with Gasteiger partial charge in [0.25, 0.3) is 0 Å². The lowest BCUT2D eigenvalue weighted by atomic mass is 10.0. The Morgan fingerprint density at radius 1 is 0.397 bits per heavy atom. The molecule has 0 radical (unpaired) electrons. The SMILES string of the molecule is CCCCCCCCC/C=C/C/C=C/C/C=C/C/C=C/CCCC(=O)O[C@@H](CO)COC(=O)CCC/C=C/CCCCCCCCCCCCCCCCCCCC. The lowest BCUT2D eigenvalue weighted by molar-refractivity contribution is -0.161. The van der Waals surface area contributed by atoms with E-state index in [2.05, 4.69) is 74.6 Å². The summed E-state index contributed by atoms with van der Waals surface area (Å²) in [6.07, 6.45) is 64.7. The Hall–Kier alpha value is -2.40. The highest BCUT2D eigenvalue weighted by Gasteiger charge is 2.15. The summed E-state index contributed by atoms with van der Waals surface area (Å²) < 4.78 is 10.6. The minimum absolute atomic E-state index is 0.103. The molecule has 5 nitrogen and oxygen atoms in total. The van der Waals surface area contributed by atoms with Gasteiger partial charge in [-0.25, -0.2) is 0 Å². The van der Waals surface area contributed by atoms with Gasteiger partial charge >= 0.3 is 11.9 Å². The van der Waals surface area contributed by atoms with Crippen LogP contribution < -0.4 is 0 Å². The number of carbonyl (C=O) groups is 2. The molecule has 0 saturated heterocycles. The Morgan fingerprint density at radius 3 is 1.05 bits per heavy atom. The molecule has 0 aliphatic carbocycles. The third kappa shape index (κ3) is 46.3. The minimum atomic E-state index is -0.814. The van der Waals surface area contributed by atoms with Gasteiger partial charge < -0.3 is 14.6 Å². The Balaban J connectivity index is 3.61. The van der Waals surface area contributed by atoms with Crippen molar-refractivity contribution in [3.8, 4) is 0 Å². The average molecular weight is 811 g/mol. The van der Waals surface area contributed by atoms with E-state index in [1.54, 1.807) is 0 Å². The monoisotopic (exact) mass is 811 g/mol. The predicted octanol–water partition coefficient (Wildman–Crippen LogP) is 16.3. The first-order chi connectivity index (χ1) is 28.6. The summed E-state index contributed by atoms with van der Waals surface area (Å²) in [7, 11) is 0. The van der Waals surface area contributed by atoms with Crippen molar-refractivity contribution in [2.75, 3.05) is 13.2 Å². The van der Waals surface area contributed by atoms with E-state index in [0.717, 1.165) is 44.9 Å². The van der Waals surface area contributed by atoms with Crippen molar-refractivity contribution >= 4 is 11.9 Å². The second-order valence-corrected chi connectivity index (χ2v) is 16.5. The molecule has 58 heavy (non-hydrogen) atoms. The van der Waals surface area contributed by atoms with Crippen LogP contribution in [0.5, 0.6) is 0 Å². The van der Waals surface area contributed by atoms with Crippen LogP contribution in [0, 0.1) is 0 Å². The van der Waals surface area contributed by atoms with Crippen molar-refractivity contribution in [3.63, 3.8) is 0 Å². The molecule has 1 N–H and O–H groups in total. The van der Waals surface area contributed by atoms with Crippen LogP contribution >= 0.6 is 0 Å². The number of aliphatic hydroxyl groups excluding tert-OH is 1. The zero-order valence-electron chi connectivity index (χ0n) is 38.3. The van der Waals surface area contributed by atoms with Gasteiger partial charge in [-0.3, -0.25) is 9.59 Å². The molecule has 336 valence electrons. The second kappa shape index (κ2) is 49.0. The maximum Gasteiger partial charge on any atom is 0.306 e. The largest absolute Gasteiger partial charge is 0.462 e. The number of aliphatic hydroxyl groups is 1. The second-order valence-electron chi connectivity index (χ2n) is 16.5. The van der Waals surface area contributed by atoms with Gasteiger partial charge in [-0.05, 0) is 70.6 Å². The van der Waals surface area contributed by atoms with Crippen LogP contribution in [0.3, 0.4) is 0 Å². The highest BCUT2D eigenvalue weighted by molar-refractivity contribution is 5.70. The summed E-state index contributed by atoms with van der Waals surface area (Å²) in [6, 6.07) is 0. The Labute approximate surface area is 360 Å². The van der Waals surface area contributed by atoms with E-state index in [9.17, 15) is 14.7 Å². The quantitative estimate of drug-likeness (QED) is 0.0377. The fraction of sp³-hybridized carbons (Fsp3) is 0.774. The molecule has 0 rings (SSSR count). The lowest BCUT2D eigenvalue weighted by Gasteiger charge is -2.15. The minimum Gasteiger partial charge on any atom is -0.462 e. The van der Waals surface area contributed by atoms with Gasteiger partial charge in [0.1, 0.15) is 6.61 Å². The van der Waals surface area contributed by atoms with Gasteiger partial charge in [0.05, 0.1) is 6.61 Å². The summed E-state index contributed by atoms with van der Waals surface area (Å²) in [5, 5.41) is 9.60. The van der Waals surface area contributed by atoms with E-state index in [1.807, 2.05) is 0 Å². The molecule has 5 heteroatoms. The van der Waals surface area contributed by atoms with Crippen LogP contribution in [-0.2, 0) is 19.1 Å². The summed E-state index contributed by atoms with van der Waals surface area (Å²) in [6.45, 7) is 4.09. The van der Waals surface area contributed by atoms with Crippen molar-refractivity contribution in [1.82, 2.24) is 0 Å². The number of unbranched alkanes of at least 4 members (excludes halogenated alkanes) is 27. The van der Waals surface area contributed by atoms with Gasteiger partial charge in [-0.2, -0.15) is 0 Å². The molecule has 0 heterocycles.